The van der Waals surface area contributed by atoms with Crippen LogP contribution >= 0.6 is 0 Å². The maximum atomic E-state index is 12.8. The number of unbranched alkanes of at least 4 members (excludes halogenated alkanes) is 25. The van der Waals surface area contributed by atoms with E-state index in [1.807, 2.05) is 0 Å². The van der Waals surface area contributed by atoms with Gasteiger partial charge in [-0.1, -0.05) is 234 Å². The molecule has 6 heteroatoms. The van der Waals surface area contributed by atoms with E-state index in [-0.39, 0.29) is 37.5 Å². The van der Waals surface area contributed by atoms with E-state index in [1.165, 1.54) is 116 Å². The first kappa shape index (κ1) is 63.6. The first-order valence-electron chi connectivity index (χ1n) is 28.1. The molecule has 0 fully saturated rings. The Bertz CT molecular complexity index is 1300. The van der Waals surface area contributed by atoms with Crippen LogP contribution in [0.2, 0.25) is 0 Å². The molecule has 0 saturated heterocycles. The average Bonchev–Trinajstić information content (AvgIpc) is 3.33. The highest BCUT2D eigenvalue weighted by atomic mass is 16.6. The van der Waals surface area contributed by atoms with Crippen molar-refractivity contribution in [2.45, 2.75) is 271 Å². The molecule has 0 spiro atoms. The topological polar surface area (TPSA) is 78.9 Å². The molecule has 6 nitrogen and oxygen atoms in total. The predicted octanol–water partition coefficient (Wildman–Crippen LogP) is 18.8. The molecule has 67 heavy (non-hydrogen) atoms. The van der Waals surface area contributed by atoms with Gasteiger partial charge < -0.3 is 14.2 Å². The van der Waals surface area contributed by atoms with Gasteiger partial charge in [-0.15, -0.1) is 0 Å². The Hall–Kier alpha value is -3.41. The molecule has 0 amide bonds. The SMILES string of the molecule is CC/C=C\C/C=C\C/C=C\C/C=C\CCCCC(=O)O[C@H](COC(=O)CCCCCC/C=C\C/C=C\C/C=C\CCCCC)COC(=O)CCCCCCCCCCCCCCCCCCC. The van der Waals surface area contributed by atoms with E-state index in [0.29, 0.717) is 19.3 Å². The molecule has 0 saturated carbocycles. The Kier molecular flexibility index (Phi) is 52.4. The number of esters is 3. The molecule has 0 unspecified atom stereocenters. The molecule has 0 rings (SSSR count). The molecule has 0 aromatic heterocycles. The standard InChI is InChI=1S/C61H104O6/c1-4-7-10-13-16-19-22-25-28-30-33-35-38-41-44-47-50-53-59(62)65-56-58(67-61(64)55-52-49-46-43-40-37-32-27-24-21-18-15-12-9-6-3)57-66-60(63)54-51-48-45-42-39-36-34-31-29-26-23-20-17-14-11-8-5-2/h9,12,16,18-19,21,25,27-28,32-33,35,40,43,58H,4-8,10-11,13-15,17,20,22-24,26,29-31,34,36-39,41-42,44-57H2,1-3H3/b12-9-,19-16-,21-18-,28-25-,32-27-,35-33-,43-40-/t58-/m1/s1. The van der Waals surface area contributed by atoms with Crippen LogP contribution in [0, 0.1) is 0 Å². The highest BCUT2D eigenvalue weighted by Gasteiger charge is 2.19. The zero-order valence-corrected chi connectivity index (χ0v) is 43.9. The third kappa shape index (κ3) is 53.4. The Morgan fingerprint density at radius 1 is 0.313 bits per heavy atom. The van der Waals surface area contributed by atoms with Gasteiger partial charge in [-0.3, -0.25) is 14.4 Å². The fraction of sp³-hybridized carbons (Fsp3) is 0.721. The summed E-state index contributed by atoms with van der Waals surface area (Å²) in [5.41, 5.74) is 0. The van der Waals surface area contributed by atoms with Crippen LogP contribution in [0.4, 0.5) is 0 Å². The molecule has 1 atom stereocenters. The minimum Gasteiger partial charge on any atom is -0.462 e. The molecule has 0 heterocycles. The molecule has 0 bridgehead atoms. The zero-order chi connectivity index (χ0) is 48.6. The monoisotopic (exact) mass is 933 g/mol. The van der Waals surface area contributed by atoms with Crippen molar-refractivity contribution >= 4 is 17.9 Å². The Morgan fingerprint density at radius 2 is 0.582 bits per heavy atom. The summed E-state index contributed by atoms with van der Waals surface area (Å²) in [6.07, 6.45) is 71.4. The highest BCUT2D eigenvalue weighted by molar-refractivity contribution is 5.71. The van der Waals surface area contributed by atoms with Gasteiger partial charge in [0.05, 0.1) is 0 Å². The molecule has 0 radical (unpaired) electrons. The van der Waals surface area contributed by atoms with Crippen LogP contribution in [-0.2, 0) is 28.6 Å². The summed E-state index contributed by atoms with van der Waals surface area (Å²) in [5.74, 6) is -0.958. The highest BCUT2D eigenvalue weighted by Crippen LogP contribution is 2.15. The number of ether oxygens (including phenoxy) is 3. The van der Waals surface area contributed by atoms with Gasteiger partial charge in [0.15, 0.2) is 6.10 Å². The van der Waals surface area contributed by atoms with Crippen LogP contribution in [-0.4, -0.2) is 37.2 Å². The van der Waals surface area contributed by atoms with E-state index < -0.39 is 6.10 Å². The number of hydrogen-bond acceptors (Lipinski definition) is 6. The minimum absolute atomic E-state index is 0.0990. The van der Waals surface area contributed by atoms with Crippen molar-refractivity contribution in [1.29, 1.82) is 0 Å². The van der Waals surface area contributed by atoms with Crippen LogP contribution < -0.4 is 0 Å². The second kappa shape index (κ2) is 55.2. The maximum absolute atomic E-state index is 12.8. The number of carbonyl (C=O) groups excluding carboxylic acids is 3. The summed E-state index contributed by atoms with van der Waals surface area (Å²) in [6, 6.07) is 0. The Labute approximate surface area is 414 Å². The van der Waals surface area contributed by atoms with Crippen LogP contribution in [0.1, 0.15) is 265 Å². The smallest absolute Gasteiger partial charge is 0.306 e. The van der Waals surface area contributed by atoms with E-state index in [9.17, 15) is 14.4 Å². The Balaban J connectivity index is 4.46. The summed E-state index contributed by atoms with van der Waals surface area (Å²) in [7, 11) is 0. The quantitative estimate of drug-likeness (QED) is 0.0262. The van der Waals surface area contributed by atoms with Crippen LogP contribution in [0.5, 0.6) is 0 Å². The van der Waals surface area contributed by atoms with E-state index >= 15 is 0 Å². The lowest BCUT2D eigenvalue weighted by molar-refractivity contribution is -0.167. The van der Waals surface area contributed by atoms with Crippen molar-refractivity contribution in [3.05, 3.63) is 85.1 Å². The van der Waals surface area contributed by atoms with Crippen LogP contribution in [0.25, 0.3) is 0 Å². The van der Waals surface area contributed by atoms with Gasteiger partial charge in [0.1, 0.15) is 13.2 Å². The summed E-state index contributed by atoms with van der Waals surface area (Å²) in [5, 5.41) is 0. The molecule has 0 aliphatic carbocycles. The van der Waals surface area contributed by atoms with Crippen molar-refractivity contribution in [3.63, 3.8) is 0 Å². The van der Waals surface area contributed by atoms with Crippen molar-refractivity contribution in [3.8, 4) is 0 Å². The average molecular weight is 933 g/mol. The van der Waals surface area contributed by atoms with Crippen LogP contribution in [0.3, 0.4) is 0 Å². The fourth-order valence-corrected chi connectivity index (χ4v) is 7.68. The van der Waals surface area contributed by atoms with Gasteiger partial charge in [-0.25, -0.2) is 0 Å². The van der Waals surface area contributed by atoms with Gasteiger partial charge >= 0.3 is 17.9 Å². The normalized spacial score (nSPS) is 12.7. The van der Waals surface area contributed by atoms with Gasteiger partial charge in [0.2, 0.25) is 0 Å². The van der Waals surface area contributed by atoms with E-state index in [0.717, 1.165) is 103 Å². The van der Waals surface area contributed by atoms with Crippen LogP contribution in [0.15, 0.2) is 85.1 Å². The lowest BCUT2D eigenvalue weighted by Gasteiger charge is -2.18. The molecule has 384 valence electrons. The summed E-state index contributed by atoms with van der Waals surface area (Å²) < 4.78 is 16.8. The molecule has 0 aromatic rings. The minimum atomic E-state index is -0.807. The first-order valence-corrected chi connectivity index (χ1v) is 28.1. The van der Waals surface area contributed by atoms with Crippen molar-refractivity contribution in [1.82, 2.24) is 0 Å². The number of allylic oxidation sites excluding steroid dienone is 14. The fourth-order valence-electron chi connectivity index (χ4n) is 7.68. The second-order valence-corrected chi connectivity index (χ2v) is 18.5. The van der Waals surface area contributed by atoms with Gasteiger partial charge in [0, 0.05) is 19.3 Å². The zero-order valence-electron chi connectivity index (χ0n) is 43.9. The molecule has 0 aliphatic rings. The van der Waals surface area contributed by atoms with Crippen molar-refractivity contribution < 1.29 is 28.6 Å². The first-order chi connectivity index (χ1) is 33.0. The van der Waals surface area contributed by atoms with E-state index in [2.05, 4.69) is 106 Å². The van der Waals surface area contributed by atoms with Gasteiger partial charge in [-0.2, -0.15) is 0 Å². The summed E-state index contributed by atoms with van der Waals surface area (Å²) in [4.78, 5) is 38.1. The molecule has 0 aliphatic heterocycles. The van der Waals surface area contributed by atoms with Crippen molar-refractivity contribution in [2.24, 2.45) is 0 Å². The largest absolute Gasteiger partial charge is 0.462 e. The predicted molar refractivity (Wildman–Crippen MR) is 288 cm³/mol. The van der Waals surface area contributed by atoms with Gasteiger partial charge in [0.25, 0.3) is 0 Å². The lowest BCUT2D eigenvalue weighted by atomic mass is 10.0. The lowest BCUT2D eigenvalue weighted by Crippen LogP contribution is -2.30. The summed E-state index contributed by atoms with van der Waals surface area (Å²) >= 11 is 0. The molecular formula is C61H104O6. The molecule has 0 aromatic carbocycles. The number of hydrogen-bond donors (Lipinski definition) is 0. The number of carbonyl (C=O) groups is 3. The maximum Gasteiger partial charge on any atom is 0.306 e. The molecular weight excluding hydrogens is 829 g/mol. The van der Waals surface area contributed by atoms with E-state index in [4.69, 9.17) is 14.2 Å². The third-order valence-corrected chi connectivity index (χ3v) is 11.9. The Morgan fingerprint density at radius 3 is 0.970 bits per heavy atom. The third-order valence-electron chi connectivity index (χ3n) is 11.9. The molecule has 0 N–H and O–H groups in total. The van der Waals surface area contributed by atoms with Gasteiger partial charge in [-0.05, 0) is 96.3 Å². The second-order valence-electron chi connectivity index (χ2n) is 18.5. The van der Waals surface area contributed by atoms with Crippen molar-refractivity contribution in [2.75, 3.05) is 13.2 Å². The number of rotatable bonds is 50. The van der Waals surface area contributed by atoms with E-state index in [1.54, 1.807) is 0 Å². The summed E-state index contributed by atoms with van der Waals surface area (Å²) in [6.45, 7) is 6.46.